The third-order valence-corrected chi connectivity index (χ3v) is 3.03. The number of aromatic amines is 1. The van der Waals surface area contributed by atoms with Crippen LogP contribution in [-0.2, 0) is 6.54 Å². The first-order chi connectivity index (χ1) is 8.54. The molecule has 0 aromatic carbocycles. The molecular weight excluding hydrogens is 232 g/mol. The van der Waals surface area contributed by atoms with Gasteiger partial charge in [-0.25, -0.2) is 4.79 Å². The summed E-state index contributed by atoms with van der Waals surface area (Å²) in [6, 6.07) is 0.196. The number of nitrogens with zero attached hydrogens (tertiary/aromatic N) is 1. The van der Waals surface area contributed by atoms with Crippen molar-refractivity contribution in [1.29, 1.82) is 0 Å². The number of hydrogen-bond acceptors (Lipinski definition) is 4. The summed E-state index contributed by atoms with van der Waals surface area (Å²) < 4.78 is 1.35. The molecule has 4 N–H and O–H groups in total. The predicted molar refractivity (Wildman–Crippen MR) is 74.0 cm³/mol. The maximum Gasteiger partial charge on any atom is 0.330 e. The molecule has 1 unspecified atom stereocenters. The Labute approximate surface area is 106 Å². The first kappa shape index (κ1) is 14.3. The van der Waals surface area contributed by atoms with E-state index in [0.29, 0.717) is 12.2 Å². The summed E-state index contributed by atoms with van der Waals surface area (Å²) in [7, 11) is 0. The zero-order valence-electron chi connectivity index (χ0n) is 11.2. The fourth-order valence-corrected chi connectivity index (χ4v) is 1.97. The Morgan fingerprint density at radius 2 is 2.00 bits per heavy atom. The van der Waals surface area contributed by atoms with E-state index in [2.05, 4.69) is 17.2 Å². The fourth-order valence-electron chi connectivity index (χ4n) is 1.97. The van der Waals surface area contributed by atoms with Gasteiger partial charge in [-0.15, -0.1) is 0 Å². The van der Waals surface area contributed by atoms with E-state index in [9.17, 15) is 9.59 Å². The Hall–Kier alpha value is -1.72. The molecule has 0 saturated heterocycles. The number of nitrogens with two attached hydrogens (primary N) is 1. The molecule has 1 aromatic rings. The number of aromatic nitrogens is 2. The molecule has 0 fully saturated rings. The van der Waals surface area contributed by atoms with Crippen molar-refractivity contribution in [3.8, 4) is 0 Å². The Morgan fingerprint density at radius 1 is 1.33 bits per heavy atom. The van der Waals surface area contributed by atoms with Gasteiger partial charge in [-0.05, 0) is 19.8 Å². The number of nitrogen functional groups attached to an aromatic ring is 1. The Kier molecular flexibility index (Phi) is 5.00. The molecule has 0 radical (unpaired) electrons. The van der Waals surface area contributed by atoms with Crippen LogP contribution >= 0.6 is 0 Å². The maximum absolute atomic E-state index is 11.8. The standard InChI is InChI=1S/C12H22N4O2/c1-4-7-8(5-2)14-9-10(13)16(6-3)12(18)15-11(9)17/h8,14H,4-7,13H2,1-3H3,(H,15,17,18). The molecule has 6 nitrogen and oxygen atoms in total. The van der Waals surface area contributed by atoms with Gasteiger partial charge in [-0.1, -0.05) is 20.3 Å². The number of anilines is 2. The first-order valence-corrected chi connectivity index (χ1v) is 6.44. The van der Waals surface area contributed by atoms with Crippen molar-refractivity contribution in [2.45, 2.75) is 52.6 Å². The second kappa shape index (κ2) is 6.28. The molecule has 1 aromatic heterocycles. The lowest BCUT2D eigenvalue weighted by Crippen LogP contribution is -2.35. The highest BCUT2D eigenvalue weighted by Gasteiger charge is 2.14. The minimum absolute atomic E-state index is 0.196. The molecule has 0 saturated carbocycles. The van der Waals surface area contributed by atoms with Crippen LogP contribution in [0.25, 0.3) is 0 Å². The number of nitrogens with one attached hydrogen (secondary N) is 2. The van der Waals surface area contributed by atoms with Crippen LogP contribution < -0.4 is 22.3 Å². The Morgan fingerprint density at radius 3 is 2.50 bits per heavy atom. The molecule has 1 heterocycles. The molecular formula is C12H22N4O2. The van der Waals surface area contributed by atoms with Gasteiger partial charge in [0, 0.05) is 12.6 Å². The average Bonchev–Trinajstić information content (AvgIpc) is 2.33. The van der Waals surface area contributed by atoms with Gasteiger partial charge in [0.15, 0.2) is 0 Å². The van der Waals surface area contributed by atoms with Gasteiger partial charge in [-0.3, -0.25) is 14.3 Å². The van der Waals surface area contributed by atoms with Crippen molar-refractivity contribution in [2.75, 3.05) is 11.1 Å². The molecule has 0 amide bonds. The highest BCUT2D eigenvalue weighted by molar-refractivity contribution is 5.60. The van der Waals surface area contributed by atoms with E-state index in [1.54, 1.807) is 0 Å². The SMILES string of the molecule is CCCC(CC)Nc1c(N)n(CC)c(=O)[nH]c1=O. The van der Waals surface area contributed by atoms with Crippen LogP contribution in [-0.4, -0.2) is 15.6 Å². The lowest BCUT2D eigenvalue weighted by molar-refractivity contribution is 0.618. The lowest BCUT2D eigenvalue weighted by Gasteiger charge is -2.19. The number of H-pyrrole nitrogens is 1. The smallest absolute Gasteiger partial charge is 0.330 e. The molecule has 0 aliphatic carbocycles. The molecule has 0 aliphatic rings. The molecule has 0 spiro atoms. The highest BCUT2D eigenvalue weighted by Crippen LogP contribution is 2.14. The molecule has 0 aliphatic heterocycles. The summed E-state index contributed by atoms with van der Waals surface area (Å²) in [5, 5.41) is 3.14. The molecule has 1 rings (SSSR count). The van der Waals surface area contributed by atoms with E-state index >= 15 is 0 Å². The van der Waals surface area contributed by atoms with E-state index in [-0.39, 0.29) is 11.9 Å². The topological polar surface area (TPSA) is 92.9 Å². The van der Waals surface area contributed by atoms with Crippen molar-refractivity contribution in [1.82, 2.24) is 9.55 Å². The maximum atomic E-state index is 11.8. The third kappa shape index (κ3) is 2.94. The van der Waals surface area contributed by atoms with Crippen LogP contribution in [0.1, 0.15) is 40.0 Å². The lowest BCUT2D eigenvalue weighted by atomic mass is 10.1. The van der Waals surface area contributed by atoms with Gasteiger partial charge in [0.25, 0.3) is 5.56 Å². The molecule has 18 heavy (non-hydrogen) atoms. The first-order valence-electron chi connectivity index (χ1n) is 6.44. The van der Waals surface area contributed by atoms with Gasteiger partial charge >= 0.3 is 5.69 Å². The predicted octanol–water partition coefficient (Wildman–Crippen LogP) is 1.13. The zero-order chi connectivity index (χ0) is 13.7. The van der Waals surface area contributed by atoms with Crippen molar-refractivity contribution in [3.63, 3.8) is 0 Å². The molecule has 102 valence electrons. The van der Waals surface area contributed by atoms with Crippen molar-refractivity contribution in [3.05, 3.63) is 20.8 Å². The molecule has 1 atom stereocenters. The summed E-state index contributed by atoms with van der Waals surface area (Å²) in [4.78, 5) is 25.6. The van der Waals surface area contributed by atoms with Crippen LogP contribution in [0.3, 0.4) is 0 Å². The number of hydrogen-bond donors (Lipinski definition) is 3. The minimum Gasteiger partial charge on any atom is -0.383 e. The van der Waals surface area contributed by atoms with E-state index in [1.165, 1.54) is 4.57 Å². The van der Waals surface area contributed by atoms with Gasteiger partial charge in [0.05, 0.1) is 0 Å². The second-order valence-electron chi connectivity index (χ2n) is 4.30. The average molecular weight is 254 g/mol. The van der Waals surface area contributed by atoms with Crippen LogP contribution in [0.2, 0.25) is 0 Å². The summed E-state index contributed by atoms with van der Waals surface area (Å²) >= 11 is 0. The number of rotatable bonds is 6. The second-order valence-corrected chi connectivity index (χ2v) is 4.30. The summed E-state index contributed by atoms with van der Waals surface area (Å²) in [6.07, 6.45) is 2.88. The van der Waals surface area contributed by atoms with Crippen LogP contribution in [0, 0.1) is 0 Å². The molecule has 0 bridgehead atoms. The monoisotopic (exact) mass is 254 g/mol. The normalized spacial score (nSPS) is 12.4. The highest BCUT2D eigenvalue weighted by atomic mass is 16.2. The van der Waals surface area contributed by atoms with E-state index < -0.39 is 11.2 Å². The largest absolute Gasteiger partial charge is 0.383 e. The van der Waals surface area contributed by atoms with Gasteiger partial charge < -0.3 is 11.1 Å². The Bertz CT molecular complexity index is 504. The van der Waals surface area contributed by atoms with Crippen LogP contribution in [0.5, 0.6) is 0 Å². The van der Waals surface area contributed by atoms with Crippen molar-refractivity contribution in [2.24, 2.45) is 0 Å². The van der Waals surface area contributed by atoms with Crippen molar-refractivity contribution < 1.29 is 0 Å². The summed E-state index contributed by atoms with van der Waals surface area (Å²) in [5.41, 5.74) is 5.27. The minimum atomic E-state index is -0.464. The van der Waals surface area contributed by atoms with Gasteiger partial charge in [0.1, 0.15) is 11.5 Å². The van der Waals surface area contributed by atoms with E-state index in [1.807, 2.05) is 13.8 Å². The fraction of sp³-hybridized carbons (Fsp3) is 0.667. The van der Waals surface area contributed by atoms with Crippen molar-refractivity contribution >= 4 is 11.5 Å². The van der Waals surface area contributed by atoms with Crippen LogP contribution in [0.15, 0.2) is 9.59 Å². The quantitative estimate of drug-likeness (QED) is 0.709. The van der Waals surface area contributed by atoms with Gasteiger partial charge in [0.2, 0.25) is 0 Å². The third-order valence-electron chi connectivity index (χ3n) is 3.03. The summed E-state index contributed by atoms with van der Waals surface area (Å²) in [5.74, 6) is 0.209. The summed E-state index contributed by atoms with van der Waals surface area (Å²) in [6.45, 7) is 6.38. The van der Waals surface area contributed by atoms with E-state index in [0.717, 1.165) is 19.3 Å². The van der Waals surface area contributed by atoms with Crippen LogP contribution in [0.4, 0.5) is 11.5 Å². The zero-order valence-corrected chi connectivity index (χ0v) is 11.2. The Balaban J connectivity index is 3.16. The van der Waals surface area contributed by atoms with Gasteiger partial charge in [-0.2, -0.15) is 0 Å². The molecule has 6 heteroatoms. The van der Waals surface area contributed by atoms with E-state index in [4.69, 9.17) is 5.73 Å².